The lowest BCUT2D eigenvalue weighted by Crippen LogP contribution is -2.31. The van der Waals surface area contributed by atoms with Gasteiger partial charge in [0.15, 0.2) is 5.75 Å². The average molecular weight is 341 g/mol. The lowest BCUT2D eigenvalue weighted by atomic mass is 10.0. The van der Waals surface area contributed by atoms with E-state index in [9.17, 15) is 14.9 Å². The third kappa shape index (κ3) is 3.17. The number of benzene rings is 1. The Morgan fingerprint density at radius 3 is 2.80 bits per heavy atom. The molecular formula is C18H19N3O4. The third-order valence-corrected chi connectivity index (χ3v) is 4.47. The number of likely N-dealkylation sites (tertiary alicyclic amines) is 1. The molecule has 1 aromatic carbocycles. The Kier molecular flexibility index (Phi) is 4.65. The number of amides is 1. The van der Waals surface area contributed by atoms with Crippen LogP contribution in [0.25, 0.3) is 0 Å². The van der Waals surface area contributed by atoms with E-state index in [0.29, 0.717) is 12.5 Å². The van der Waals surface area contributed by atoms with Gasteiger partial charge in [-0.25, -0.2) is 0 Å². The van der Waals surface area contributed by atoms with Gasteiger partial charge in [0, 0.05) is 18.9 Å². The molecule has 7 heteroatoms. The van der Waals surface area contributed by atoms with Gasteiger partial charge in [0.1, 0.15) is 5.56 Å². The van der Waals surface area contributed by atoms with Crippen LogP contribution in [0.1, 0.15) is 35.3 Å². The van der Waals surface area contributed by atoms with Crippen molar-refractivity contribution in [2.45, 2.75) is 19.4 Å². The molecule has 1 aromatic heterocycles. The van der Waals surface area contributed by atoms with E-state index in [-0.39, 0.29) is 28.9 Å². The van der Waals surface area contributed by atoms with Crippen LogP contribution in [-0.2, 0) is 0 Å². The van der Waals surface area contributed by atoms with E-state index in [4.69, 9.17) is 4.74 Å². The summed E-state index contributed by atoms with van der Waals surface area (Å²) in [5.41, 5.74) is 0.692. The van der Waals surface area contributed by atoms with Crippen LogP contribution in [0.4, 0.5) is 5.69 Å². The van der Waals surface area contributed by atoms with Gasteiger partial charge in [0.25, 0.3) is 5.91 Å². The maximum atomic E-state index is 13.1. The lowest BCUT2D eigenvalue weighted by molar-refractivity contribution is -0.386. The summed E-state index contributed by atoms with van der Waals surface area (Å²) in [6.45, 7) is 2.61. The minimum Gasteiger partial charge on any atom is -0.490 e. The molecule has 0 N–H and O–H groups in total. The molecule has 2 atom stereocenters. The number of aromatic nitrogens is 1. The van der Waals surface area contributed by atoms with E-state index in [1.807, 2.05) is 12.1 Å². The van der Waals surface area contributed by atoms with Gasteiger partial charge in [-0.3, -0.25) is 19.9 Å². The molecule has 0 aliphatic carbocycles. The Labute approximate surface area is 145 Å². The summed E-state index contributed by atoms with van der Waals surface area (Å²) in [7, 11) is 1.35. The molecule has 1 fully saturated rings. The zero-order chi connectivity index (χ0) is 18.0. The van der Waals surface area contributed by atoms with Crippen LogP contribution in [0.5, 0.6) is 5.75 Å². The summed E-state index contributed by atoms with van der Waals surface area (Å²) in [6, 6.07) is 8.18. The largest absolute Gasteiger partial charge is 0.490 e. The highest BCUT2D eigenvalue weighted by atomic mass is 16.6. The van der Waals surface area contributed by atoms with Gasteiger partial charge in [-0.2, -0.15) is 0 Å². The molecule has 0 bridgehead atoms. The predicted octanol–water partition coefficient (Wildman–Crippen LogP) is 3.22. The fourth-order valence-corrected chi connectivity index (χ4v) is 3.36. The smallest absolute Gasteiger partial charge is 0.323 e. The minimum absolute atomic E-state index is 0.0485. The van der Waals surface area contributed by atoms with E-state index in [1.54, 1.807) is 23.4 Å². The second-order valence-corrected chi connectivity index (χ2v) is 6.21. The molecule has 2 heterocycles. The van der Waals surface area contributed by atoms with Crippen LogP contribution in [0, 0.1) is 16.0 Å². The van der Waals surface area contributed by atoms with Gasteiger partial charge < -0.3 is 9.64 Å². The van der Waals surface area contributed by atoms with Gasteiger partial charge in [-0.15, -0.1) is 0 Å². The first-order chi connectivity index (χ1) is 12.0. The van der Waals surface area contributed by atoms with Crippen molar-refractivity contribution in [3.63, 3.8) is 0 Å². The molecule has 7 nitrogen and oxygen atoms in total. The summed E-state index contributed by atoms with van der Waals surface area (Å²) in [5.74, 6) is 0.0312. The lowest BCUT2D eigenvalue weighted by Gasteiger charge is -2.25. The summed E-state index contributed by atoms with van der Waals surface area (Å²) in [5, 5.41) is 11.5. The number of para-hydroxylation sites is 1. The Bertz CT molecular complexity index is 794. The molecular weight excluding hydrogens is 322 g/mol. The van der Waals surface area contributed by atoms with E-state index in [1.165, 1.54) is 19.2 Å². The van der Waals surface area contributed by atoms with Gasteiger partial charge in [0.2, 0.25) is 0 Å². The highest BCUT2D eigenvalue weighted by Gasteiger charge is 2.37. The fraction of sp³-hybridized carbons (Fsp3) is 0.333. The highest BCUT2D eigenvalue weighted by molar-refractivity contribution is 5.99. The topological polar surface area (TPSA) is 85.6 Å². The van der Waals surface area contributed by atoms with Crippen molar-refractivity contribution in [3.05, 3.63) is 64.0 Å². The molecule has 1 aliphatic heterocycles. The van der Waals surface area contributed by atoms with E-state index >= 15 is 0 Å². The first-order valence-electron chi connectivity index (χ1n) is 8.05. The highest BCUT2D eigenvalue weighted by Crippen LogP contribution is 2.38. The van der Waals surface area contributed by atoms with Crippen molar-refractivity contribution in [1.29, 1.82) is 0 Å². The van der Waals surface area contributed by atoms with Crippen molar-refractivity contribution in [3.8, 4) is 5.75 Å². The average Bonchev–Trinajstić information content (AvgIpc) is 3.02. The second-order valence-electron chi connectivity index (χ2n) is 6.21. The van der Waals surface area contributed by atoms with Crippen LogP contribution < -0.4 is 4.74 Å². The van der Waals surface area contributed by atoms with Crippen LogP contribution >= 0.6 is 0 Å². The zero-order valence-electron chi connectivity index (χ0n) is 14.1. The number of ether oxygens (including phenoxy) is 1. The summed E-state index contributed by atoms with van der Waals surface area (Å²) < 4.78 is 5.07. The maximum Gasteiger partial charge on any atom is 0.323 e. The Balaban J connectivity index is 2.01. The van der Waals surface area contributed by atoms with E-state index in [0.717, 1.165) is 12.0 Å². The number of hydrogen-bond donors (Lipinski definition) is 0. The van der Waals surface area contributed by atoms with Gasteiger partial charge in [-0.05, 0) is 36.1 Å². The predicted molar refractivity (Wildman–Crippen MR) is 91.4 cm³/mol. The molecule has 0 spiro atoms. The summed E-state index contributed by atoms with van der Waals surface area (Å²) in [6.07, 6.45) is 4.22. The number of carbonyl (C=O) groups is 1. The number of pyridine rings is 1. The van der Waals surface area contributed by atoms with Crippen molar-refractivity contribution < 1.29 is 14.5 Å². The zero-order valence-corrected chi connectivity index (χ0v) is 14.1. The first kappa shape index (κ1) is 16.9. The Hall–Kier alpha value is -2.96. The molecule has 25 heavy (non-hydrogen) atoms. The van der Waals surface area contributed by atoms with E-state index < -0.39 is 4.92 Å². The number of methoxy groups -OCH3 is 1. The minimum atomic E-state index is -0.565. The van der Waals surface area contributed by atoms with Gasteiger partial charge in [0.05, 0.1) is 18.1 Å². The van der Waals surface area contributed by atoms with E-state index in [2.05, 4.69) is 11.9 Å². The van der Waals surface area contributed by atoms with Crippen molar-refractivity contribution in [2.24, 2.45) is 5.92 Å². The quantitative estimate of drug-likeness (QED) is 0.629. The standard InChI is InChI=1S/C18H19N3O4/c1-12-9-15(13-5-4-8-19-10-13)20(11-12)18(22)14-6-3-7-16(25-2)17(14)21(23)24/h3-8,10,12,15H,9,11H2,1-2H3/t12-,15-/m0/s1. The monoisotopic (exact) mass is 341 g/mol. The molecule has 130 valence electrons. The van der Waals surface area contributed by atoms with Gasteiger partial charge in [-0.1, -0.05) is 19.1 Å². The third-order valence-electron chi connectivity index (χ3n) is 4.47. The number of nitro benzene ring substituents is 1. The number of nitrogens with zero attached hydrogens (tertiary/aromatic N) is 3. The van der Waals surface area contributed by atoms with Crippen molar-refractivity contribution in [1.82, 2.24) is 9.88 Å². The van der Waals surface area contributed by atoms with Crippen molar-refractivity contribution >= 4 is 11.6 Å². The summed E-state index contributed by atoms with van der Waals surface area (Å²) in [4.78, 5) is 29.9. The molecule has 1 aliphatic rings. The first-order valence-corrected chi connectivity index (χ1v) is 8.05. The number of carbonyl (C=O) groups excluding carboxylic acids is 1. The maximum absolute atomic E-state index is 13.1. The molecule has 0 radical (unpaired) electrons. The van der Waals surface area contributed by atoms with Crippen LogP contribution in [-0.4, -0.2) is 34.4 Å². The molecule has 0 unspecified atom stereocenters. The number of rotatable bonds is 4. The second kappa shape index (κ2) is 6.88. The van der Waals surface area contributed by atoms with Gasteiger partial charge >= 0.3 is 5.69 Å². The molecule has 0 saturated carbocycles. The summed E-state index contributed by atoms with van der Waals surface area (Å²) >= 11 is 0. The number of nitro groups is 1. The van der Waals surface area contributed by atoms with Crippen molar-refractivity contribution in [2.75, 3.05) is 13.7 Å². The Morgan fingerprint density at radius 2 is 2.16 bits per heavy atom. The van der Waals surface area contributed by atoms with Crippen LogP contribution in [0.15, 0.2) is 42.7 Å². The number of hydrogen-bond acceptors (Lipinski definition) is 5. The van der Waals surface area contributed by atoms with Crippen LogP contribution in [0.2, 0.25) is 0 Å². The molecule has 2 aromatic rings. The normalized spacial score (nSPS) is 19.7. The molecule has 3 rings (SSSR count). The fourth-order valence-electron chi connectivity index (χ4n) is 3.36. The van der Waals surface area contributed by atoms with Crippen LogP contribution in [0.3, 0.4) is 0 Å². The Morgan fingerprint density at radius 1 is 1.36 bits per heavy atom. The molecule has 1 saturated heterocycles. The SMILES string of the molecule is COc1cccc(C(=O)N2C[C@@H](C)C[C@H]2c2cccnc2)c1[N+](=O)[O-]. The molecule has 1 amide bonds.